The Balaban J connectivity index is 1.07. The Morgan fingerprint density at radius 3 is 1.35 bits per heavy atom. The number of ketones is 1. The molecule has 2 aromatic heterocycles. The van der Waals surface area contributed by atoms with Crippen LogP contribution in [0.4, 0.5) is 9.59 Å². The van der Waals surface area contributed by atoms with Crippen LogP contribution in [-0.4, -0.2) is 146 Å². The first-order valence-electron chi connectivity index (χ1n) is 29.2. The van der Waals surface area contributed by atoms with Crippen LogP contribution in [0.3, 0.4) is 0 Å². The number of hydrogen-bond acceptors (Lipinski definition) is 14. The minimum atomic E-state index is -1.04. The molecule has 8 atom stereocenters. The van der Waals surface area contributed by atoms with E-state index in [-0.39, 0.29) is 48.2 Å². The number of likely N-dealkylation sites (N-methyl/N-ethyl adjacent to an activating group) is 2. The van der Waals surface area contributed by atoms with Gasteiger partial charge in [0.15, 0.2) is 5.78 Å². The molecule has 19 nitrogen and oxygen atoms in total. The van der Waals surface area contributed by atoms with Crippen LogP contribution >= 0.6 is 22.7 Å². The van der Waals surface area contributed by atoms with Crippen LogP contribution in [0.5, 0.6) is 0 Å². The molecule has 5 aromatic rings. The van der Waals surface area contributed by atoms with E-state index in [1.54, 1.807) is 89.5 Å². The fraction of sp³-hybridized carbons (Fsp3) is 0.508. The Morgan fingerprint density at radius 2 is 0.965 bits per heavy atom. The van der Waals surface area contributed by atoms with E-state index in [0.717, 1.165) is 22.5 Å². The number of benzene rings is 3. The number of likely N-dealkylation sites (tertiary alicyclic amines) is 2. The van der Waals surface area contributed by atoms with E-state index in [9.17, 15) is 28.8 Å². The molecule has 0 aliphatic carbocycles. The van der Waals surface area contributed by atoms with Gasteiger partial charge in [0.2, 0.25) is 17.7 Å². The van der Waals surface area contributed by atoms with E-state index in [1.165, 1.54) is 46.6 Å². The Kier molecular flexibility index (Phi) is 20.4. The van der Waals surface area contributed by atoms with Gasteiger partial charge in [-0.3, -0.25) is 33.7 Å². The van der Waals surface area contributed by atoms with Crippen molar-refractivity contribution in [3.8, 4) is 22.5 Å². The second-order valence-corrected chi connectivity index (χ2v) is 28.5. The van der Waals surface area contributed by atoms with E-state index in [1.807, 2.05) is 113 Å². The maximum atomic E-state index is 15.1. The molecule has 462 valence electrons. The molecule has 0 saturated carbocycles. The van der Waals surface area contributed by atoms with Crippen LogP contribution in [0, 0.1) is 16.7 Å². The summed E-state index contributed by atoms with van der Waals surface area (Å²) >= 11 is 2.82. The van der Waals surface area contributed by atoms with Crippen LogP contribution in [0.15, 0.2) is 95.7 Å². The third-order valence-electron chi connectivity index (χ3n) is 15.5. The third-order valence-corrected chi connectivity index (χ3v) is 17.4. The average Bonchev–Trinajstić information content (AvgIpc) is 2.21. The molecule has 0 spiro atoms. The molecule has 2 aliphatic heterocycles. The van der Waals surface area contributed by atoms with Crippen LogP contribution < -0.4 is 16.0 Å². The largest absolute Gasteiger partial charge is 0.444 e. The van der Waals surface area contributed by atoms with Crippen molar-refractivity contribution in [3.05, 3.63) is 117 Å². The summed E-state index contributed by atoms with van der Waals surface area (Å²) in [6.45, 7) is 25.1. The summed E-state index contributed by atoms with van der Waals surface area (Å²) in [5.41, 5.74) is 0.820. The summed E-state index contributed by atoms with van der Waals surface area (Å²) in [5.74, 6) is -3.14. The van der Waals surface area contributed by atoms with Crippen molar-refractivity contribution in [2.24, 2.45) is 16.7 Å². The normalized spacial score (nSPS) is 18.7. The van der Waals surface area contributed by atoms with Crippen molar-refractivity contribution in [1.29, 1.82) is 0 Å². The fourth-order valence-corrected chi connectivity index (χ4v) is 12.2. The van der Waals surface area contributed by atoms with Crippen LogP contribution in [0.2, 0.25) is 0 Å². The molecule has 0 unspecified atom stereocenters. The quantitative estimate of drug-likeness (QED) is 0.0790. The van der Waals surface area contributed by atoms with E-state index >= 15 is 9.59 Å². The third kappa shape index (κ3) is 16.5. The second-order valence-electron chi connectivity index (χ2n) is 26.7. The summed E-state index contributed by atoms with van der Waals surface area (Å²) in [5, 5.41) is 14.4. The van der Waals surface area contributed by atoms with Crippen molar-refractivity contribution in [2.45, 2.75) is 170 Å². The Labute approximate surface area is 514 Å². The van der Waals surface area contributed by atoms with Gasteiger partial charge in [0.05, 0.1) is 29.5 Å². The highest BCUT2D eigenvalue weighted by molar-refractivity contribution is 7.10. The van der Waals surface area contributed by atoms with Gasteiger partial charge in [-0.15, -0.1) is 22.7 Å². The van der Waals surface area contributed by atoms with Gasteiger partial charge in [0.1, 0.15) is 33.3 Å². The number of thiazole rings is 2. The lowest BCUT2D eigenvalue weighted by Gasteiger charge is -2.36. The molecule has 21 heteroatoms. The number of carbonyl (C=O) groups excluding carboxylic acids is 8. The lowest BCUT2D eigenvalue weighted by Crippen LogP contribution is -2.58. The van der Waals surface area contributed by atoms with E-state index in [4.69, 9.17) is 19.4 Å². The second kappa shape index (κ2) is 26.6. The minimum Gasteiger partial charge on any atom is -0.444 e. The monoisotopic (exact) mass is 1220 g/mol. The molecule has 3 N–H and O–H groups in total. The van der Waals surface area contributed by atoms with Gasteiger partial charge in [0, 0.05) is 84.6 Å². The molecule has 2 aliphatic rings. The molecule has 2 saturated heterocycles. The lowest BCUT2D eigenvalue weighted by molar-refractivity contribution is -0.143. The zero-order valence-electron chi connectivity index (χ0n) is 52.5. The van der Waals surface area contributed by atoms with Crippen molar-refractivity contribution in [1.82, 2.24) is 45.5 Å². The van der Waals surface area contributed by atoms with Gasteiger partial charge in [-0.25, -0.2) is 19.6 Å². The number of amides is 7. The standard InChI is InChI=1S/C65H85N9O10S2/c1-38(71(15)60(81)83-64(9,10)11)51(75)33-46(62(3,4)5)58(79)73-34-44(31-49(73)56-68-47(36-85-56)40-23-19-17-20-24-40)66-54(77)42-27-29-43(30-28-42)55(78)67-45-32-50(57-69-48(37-86-57)41-25-21-18-22-26-41)74(35-45)59(80)52(63(6,7)8)70-53(76)39(2)72(16)61(82)84-65(12,13)14/h17-30,36-39,44-46,49-50,52H,31-35H2,1-16H3,(H,66,77)(H,67,78)(H,70,76)/t38-,39-,44-,45-,46+,49-,50-,52+/m0/s1. The molecule has 3 aromatic carbocycles. The van der Waals surface area contributed by atoms with Crippen LogP contribution in [0.1, 0.15) is 159 Å². The number of hydrogen-bond donors (Lipinski definition) is 3. The van der Waals surface area contributed by atoms with Gasteiger partial charge in [-0.2, -0.15) is 0 Å². The number of ether oxygens (including phenoxy) is 2. The molecule has 4 heterocycles. The number of aromatic nitrogens is 2. The lowest BCUT2D eigenvalue weighted by atomic mass is 9.76. The van der Waals surface area contributed by atoms with Gasteiger partial charge in [-0.05, 0) is 103 Å². The van der Waals surface area contributed by atoms with Gasteiger partial charge >= 0.3 is 12.2 Å². The van der Waals surface area contributed by atoms with Crippen molar-refractivity contribution < 1.29 is 47.8 Å². The highest BCUT2D eigenvalue weighted by Gasteiger charge is 2.47. The number of rotatable bonds is 17. The first kappa shape index (κ1) is 66.0. The van der Waals surface area contributed by atoms with Crippen molar-refractivity contribution in [3.63, 3.8) is 0 Å². The summed E-state index contributed by atoms with van der Waals surface area (Å²) in [6.07, 6.45) is -0.818. The number of carbonyl (C=O) groups is 8. The molecule has 7 rings (SSSR count). The number of nitrogens with one attached hydrogen (secondary N) is 3. The number of nitrogens with zero attached hydrogens (tertiary/aromatic N) is 6. The molecule has 0 radical (unpaired) electrons. The summed E-state index contributed by atoms with van der Waals surface area (Å²) in [6, 6.07) is 20.6. The molecule has 86 heavy (non-hydrogen) atoms. The smallest absolute Gasteiger partial charge is 0.410 e. The molecular formula is C65H85N9O10S2. The van der Waals surface area contributed by atoms with Crippen LogP contribution in [0.25, 0.3) is 22.5 Å². The maximum Gasteiger partial charge on any atom is 0.410 e. The van der Waals surface area contributed by atoms with E-state index in [0.29, 0.717) is 22.9 Å². The Bertz CT molecular complexity index is 3030. The highest BCUT2D eigenvalue weighted by Crippen LogP contribution is 2.42. The summed E-state index contributed by atoms with van der Waals surface area (Å²) in [7, 11) is 2.98. The zero-order valence-corrected chi connectivity index (χ0v) is 54.1. The molecular weight excluding hydrogens is 1130 g/mol. The van der Waals surface area contributed by atoms with Crippen LogP contribution in [-0.2, 0) is 28.7 Å². The molecule has 0 bridgehead atoms. The Hall–Kier alpha value is -7.52. The topological polar surface area (TPSA) is 230 Å². The van der Waals surface area contributed by atoms with Gasteiger partial charge in [-0.1, -0.05) is 102 Å². The fourth-order valence-electron chi connectivity index (χ4n) is 10.3. The van der Waals surface area contributed by atoms with Gasteiger partial charge < -0.3 is 40.1 Å². The minimum absolute atomic E-state index is 0.0969. The highest BCUT2D eigenvalue weighted by atomic mass is 32.1. The van der Waals surface area contributed by atoms with Crippen molar-refractivity contribution in [2.75, 3.05) is 27.2 Å². The summed E-state index contributed by atoms with van der Waals surface area (Å²) in [4.78, 5) is 128. The molecule has 2 fully saturated rings. The Morgan fingerprint density at radius 1 is 0.570 bits per heavy atom. The van der Waals surface area contributed by atoms with E-state index in [2.05, 4.69) is 16.0 Å². The predicted molar refractivity (Wildman–Crippen MR) is 333 cm³/mol. The SMILES string of the molecule is C[C@@H](C(=O)C[C@H](C(=O)N1C[C@@H](NC(=O)c2ccc(C(=O)N[C@H]3C[C@@H](c4nc(-c5ccccc5)cs4)N(C(=O)[C@@H](NC(=O)[C@H](C)N(C)C(=O)OC(C)(C)C)C(C)(C)C)C3)cc2)C[C@H]1c1nc(-c2ccccc2)cs1)C(C)(C)C)N(C)C(=O)OC(C)(C)C. The average molecular weight is 1220 g/mol. The first-order chi connectivity index (χ1) is 40.1. The molecule has 7 amide bonds. The van der Waals surface area contributed by atoms with Crippen molar-refractivity contribution >= 4 is 70.2 Å². The number of Topliss-reactive ketones (excluding diaryl/α,β-unsaturated/α-hetero) is 1. The predicted octanol–water partition coefficient (Wildman–Crippen LogP) is 10.7. The zero-order chi connectivity index (χ0) is 63.4. The summed E-state index contributed by atoms with van der Waals surface area (Å²) < 4.78 is 11.0. The van der Waals surface area contributed by atoms with Gasteiger partial charge in [0.25, 0.3) is 11.8 Å². The first-order valence-corrected chi connectivity index (χ1v) is 30.9. The van der Waals surface area contributed by atoms with E-state index < -0.39 is 100 Å². The maximum absolute atomic E-state index is 15.1.